The Kier molecular flexibility index (Phi) is 8.48. The van der Waals surface area contributed by atoms with Gasteiger partial charge in [0.15, 0.2) is 0 Å². The summed E-state index contributed by atoms with van der Waals surface area (Å²) in [4.78, 5) is 17.7. The quantitative estimate of drug-likeness (QED) is 0.467. The third-order valence-electron chi connectivity index (χ3n) is 6.14. The number of alkyl halides is 6. The lowest BCUT2D eigenvalue weighted by Crippen LogP contribution is -2.40. The van der Waals surface area contributed by atoms with Crippen LogP contribution in [0.15, 0.2) is 30.3 Å². The summed E-state index contributed by atoms with van der Waals surface area (Å²) in [6.07, 6.45) is -8.95. The molecule has 1 unspecified atom stereocenters. The number of piperidine rings is 1. The maximum absolute atomic E-state index is 14.3. The van der Waals surface area contributed by atoms with Crippen molar-refractivity contribution < 1.29 is 43.9 Å². The van der Waals surface area contributed by atoms with Gasteiger partial charge in [0, 0.05) is 25.2 Å². The number of sulfonamides is 1. The fraction of sp³-hybridized carbons (Fsp3) is 0.478. The average Bonchev–Trinajstić information content (AvgIpc) is 2.81. The normalized spacial score (nSPS) is 16.3. The summed E-state index contributed by atoms with van der Waals surface area (Å²) in [7, 11) is -3.73. The van der Waals surface area contributed by atoms with E-state index in [0.717, 1.165) is 30.5 Å². The van der Waals surface area contributed by atoms with Gasteiger partial charge in [-0.15, -0.1) is 0 Å². The molecule has 3 rings (SSSR count). The molecule has 38 heavy (non-hydrogen) atoms. The molecule has 0 radical (unpaired) electrons. The highest BCUT2D eigenvalue weighted by molar-refractivity contribution is 7.92. The summed E-state index contributed by atoms with van der Waals surface area (Å²) in [6, 6.07) is 5.30. The highest BCUT2D eigenvalue weighted by Gasteiger charge is 2.42. The Morgan fingerprint density at radius 2 is 1.74 bits per heavy atom. The largest absolute Gasteiger partial charge is 0.433 e. The van der Waals surface area contributed by atoms with Crippen LogP contribution in [0.4, 0.5) is 42.2 Å². The summed E-state index contributed by atoms with van der Waals surface area (Å²) in [6.45, 7) is 0.840. The zero-order chi connectivity index (χ0) is 28.5. The van der Waals surface area contributed by atoms with E-state index in [2.05, 4.69) is 10.3 Å². The number of rotatable bonds is 7. The predicted octanol–water partition coefficient (Wildman–Crippen LogP) is 4.81. The molecule has 1 aromatic carbocycles. The van der Waals surface area contributed by atoms with Crippen molar-refractivity contribution in [2.24, 2.45) is 5.92 Å². The van der Waals surface area contributed by atoms with E-state index in [4.69, 9.17) is 0 Å². The zero-order valence-electron chi connectivity index (χ0n) is 20.3. The minimum atomic E-state index is -4.78. The van der Waals surface area contributed by atoms with Crippen LogP contribution in [0, 0.1) is 11.7 Å². The number of halogens is 7. The first-order valence-electron chi connectivity index (χ1n) is 11.4. The minimum Gasteiger partial charge on any atom is -0.356 e. The van der Waals surface area contributed by atoms with Crippen molar-refractivity contribution in [3.63, 3.8) is 0 Å². The van der Waals surface area contributed by atoms with Crippen LogP contribution >= 0.6 is 0 Å². The van der Waals surface area contributed by atoms with Gasteiger partial charge in [-0.25, -0.2) is 17.8 Å². The van der Waals surface area contributed by atoms with Crippen molar-refractivity contribution >= 4 is 27.4 Å². The highest BCUT2D eigenvalue weighted by Crippen LogP contribution is 2.37. The molecule has 1 atom stereocenters. The van der Waals surface area contributed by atoms with Crippen LogP contribution in [-0.4, -0.2) is 44.8 Å². The number of pyridine rings is 1. The summed E-state index contributed by atoms with van der Waals surface area (Å²) < 4.78 is 118. The number of nitrogens with one attached hydrogen (secondary N) is 2. The molecule has 1 aliphatic rings. The van der Waals surface area contributed by atoms with Crippen LogP contribution < -0.4 is 14.9 Å². The number of carbonyl (C=O) groups excluding carboxylic acids is 1. The second-order valence-corrected chi connectivity index (χ2v) is 10.8. The topological polar surface area (TPSA) is 91.4 Å². The third-order valence-corrected chi connectivity index (χ3v) is 6.73. The van der Waals surface area contributed by atoms with Gasteiger partial charge in [0.05, 0.1) is 23.8 Å². The van der Waals surface area contributed by atoms with E-state index in [1.165, 1.54) is 17.9 Å². The highest BCUT2D eigenvalue weighted by atomic mass is 32.2. The molecule has 2 heterocycles. The van der Waals surface area contributed by atoms with Crippen LogP contribution in [-0.2, 0) is 27.5 Å². The lowest BCUT2D eigenvalue weighted by Gasteiger charge is -2.35. The second-order valence-electron chi connectivity index (χ2n) is 9.03. The molecule has 7 nitrogen and oxygen atoms in total. The Morgan fingerprint density at radius 1 is 1.11 bits per heavy atom. The van der Waals surface area contributed by atoms with Crippen molar-refractivity contribution in [1.29, 1.82) is 0 Å². The molecule has 1 amide bonds. The van der Waals surface area contributed by atoms with Crippen molar-refractivity contribution in [2.75, 3.05) is 29.0 Å². The zero-order valence-corrected chi connectivity index (χ0v) is 21.1. The molecule has 1 saturated heterocycles. The Morgan fingerprint density at radius 3 is 2.26 bits per heavy atom. The van der Waals surface area contributed by atoms with Gasteiger partial charge in [0.25, 0.3) is 0 Å². The van der Waals surface area contributed by atoms with Crippen LogP contribution in [0.3, 0.4) is 0 Å². The molecule has 0 spiro atoms. The maximum atomic E-state index is 14.3. The number of amides is 1. The number of hydrogen-bond donors (Lipinski definition) is 2. The van der Waals surface area contributed by atoms with E-state index in [9.17, 15) is 43.9 Å². The SMILES string of the molecule is CC(C(=O)NCc1ccc(C(F)(F)F)nc1N1CCC(C(F)(F)F)CC1)c1ccc(NS(C)(=O)=O)c(F)c1. The fourth-order valence-corrected chi connectivity index (χ4v) is 4.60. The van der Waals surface area contributed by atoms with Crippen LogP contribution in [0.5, 0.6) is 0 Å². The van der Waals surface area contributed by atoms with Crippen LogP contribution in [0.2, 0.25) is 0 Å². The van der Waals surface area contributed by atoms with Gasteiger partial charge in [-0.3, -0.25) is 9.52 Å². The summed E-state index contributed by atoms with van der Waals surface area (Å²) in [5, 5.41) is 2.54. The first kappa shape index (κ1) is 29.5. The van der Waals surface area contributed by atoms with E-state index in [-0.39, 0.29) is 55.1 Å². The molecule has 2 N–H and O–H groups in total. The fourth-order valence-electron chi connectivity index (χ4n) is 4.04. The van der Waals surface area contributed by atoms with Crippen molar-refractivity contribution in [2.45, 2.75) is 44.6 Å². The molecule has 1 fully saturated rings. The molecule has 0 bridgehead atoms. The third kappa shape index (κ3) is 7.48. The van der Waals surface area contributed by atoms with Gasteiger partial charge in [0.1, 0.15) is 17.3 Å². The molecule has 0 aliphatic carbocycles. The molecular weight excluding hydrogens is 545 g/mol. The van der Waals surface area contributed by atoms with Crippen LogP contribution in [0.1, 0.15) is 42.5 Å². The van der Waals surface area contributed by atoms with Crippen LogP contribution in [0.25, 0.3) is 0 Å². The van der Waals surface area contributed by atoms with Crippen molar-refractivity contribution in [1.82, 2.24) is 10.3 Å². The first-order chi connectivity index (χ1) is 17.5. The molecule has 1 aliphatic heterocycles. The van der Waals surface area contributed by atoms with Gasteiger partial charge >= 0.3 is 12.4 Å². The maximum Gasteiger partial charge on any atom is 0.433 e. The molecule has 0 saturated carbocycles. The summed E-state index contributed by atoms with van der Waals surface area (Å²) in [5.74, 6) is -4.19. The predicted molar refractivity (Wildman–Crippen MR) is 125 cm³/mol. The summed E-state index contributed by atoms with van der Waals surface area (Å²) in [5.41, 5.74) is -1.15. The Labute approximate surface area is 214 Å². The number of benzene rings is 1. The lowest BCUT2D eigenvalue weighted by atomic mass is 9.96. The summed E-state index contributed by atoms with van der Waals surface area (Å²) >= 11 is 0. The molecule has 1 aromatic heterocycles. The molecular formula is C23H25F7N4O3S. The molecule has 15 heteroatoms. The van der Waals surface area contributed by atoms with Crippen molar-refractivity contribution in [3.05, 3.63) is 53.0 Å². The van der Waals surface area contributed by atoms with Gasteiger partial charge in [-0.2, -0.15) is 26.3 Å². The van der Waals surface area contributed by atoms with E-state index >= 15 is 0 Å². The van der Waals surface area contributed by atoms with Crippen molar-refractivity contribution in [3.8, 4) is 0 Å². The second kappa shape index (κ2) is 10.9. The monoisotopic (exact) mass is 570 g/mol. The van der Waals surface area contributed by atoms with Gasteiger partial charge in [0.2, 0.25) is 15.9 Å². The van der Waals surface area contributed by atoms with E-state index in [0.29, 0.717) is 0 Å². The number of nitrogens with zero attached hydrogens (tertiary/aromatic N) is 2. The Hall–Kier alpha value is -3.10. The number of hydrogen-bond acceptors (Lipinski definition) is 5. The number of carbonyl (C=O) groups is 1. The Bertz CT molecular complexity index is 1270. The van der Waals surface area contributed by atoms with E-state index in [1.54, 1.807) is 0 Å². The van der Waals surface area contributed by atoms with Gasteiger partial charge < -0.3 is 10.2 Å². The van der Waals surface area contributed by atoms with Gasteiger partial charge in [-0.05, 0) is 43.5 Å². The molecule has 210 valence electrons. The minimum absolute atomic E-state index is 0.164. The van der Waals surface area contributed by atoms with E-state index < -0.39 is 51.6 Å². The number of anilines is 2. The van der Waals surface area contributed by atoms with Gasteiger partial charge in [-0.1, -0.05) is 12.1 Å². The molecule has 2 aromatic rings. The standard InChI is InChI=1S/C23H25F7N4O3S/c1-13(14-3-5-18(17(24)11-14)33-38(2,36)37)21(35)31-12-15-4-6-19(23(28,29)30)32-20(15)34-9-7-16(8-10-34)22(25,26)27/h3-6,11,13,16,33H,7-10,12H2,1-2H3,(H,31,35). The average molecular weight is 571 g/mol. The number of aromatic nitrogens is 1. The lowest BCUT2D eigenvalue weighted by molar-refractivity contribution is -0.179. The smallest absolute Gasteiger partial charge is 0.356 e. The Balaban J connectivity index is 1.76. The van der Waals surface area contributed by atoms with E-state index in [1.807, 2.05) is 4.72 Å². The first-order valence-corrected chi connectivity index (χ1v) is 13.3.